The van der Waals surface area contributed by atoms with Crippen molar-refractivity contribution in [3.63, 3.8) is 0 Å². The fourth-order valence-electron chi connectivity index (χ4n) is 2.84. The molecular formula is C18H19ClFN3O3S. The van der Waals surface area contributed by atoms with Gasteiger partial charge in [-0.05, 0) is 36.4 Å². The average molecular weight is 412 g/mol. The van der Waals surface area contributed by atoms with Crippen LogP contribution in [0.1, 0.15) is 0 Å². The van der Waals surface area contributed by atoms with E-state index in [-0.39, 0.29) is 30.4 Å². The van der Waals surface area contributed by atoms with Crippen molar-refractivity contribution in [3.8, 4) is 0 Å². The van der Waals surface area contributed by atoms with Gasteiger partial charge in [-0.1, -0.05) is 23.7 Å². The third kappa shape index (κ3) is 4.84. The SMILES string of the molecule is O=C(CN1CCN(S(=O)(=O)c2ccc(F)cc2)CC1)Nc1ccccc1Cl. The summed E-state index contributed by atoms with van der Waals surface area (Å²) in [6.45, 7) is 1.53. The summed E-state index contributed by atoms with van der Waals surface area (Å²) in [6, 6.07) is 11.7. The van der Waals surface area contributed by atoms with E-state index in [9.17, 15) is 17.6 Å². The highest BCUT2D eigenvalue weighted by molar-refractivity contribution is 7.89. The first-order chi connectivity index (χ1) is 12.9. The molecule has 0 aromatic heterocycles. The van der Waals surface area contributed by atoms with Crippen LogP contribution in [-0.4, -0.2) is 56.3 Å². The molecule has 2 aromatic carbocycles. The largest absolute Gasteiger partial charge is 0.324 e. The number of nitrogens with one attached hydrogen (secondary N) is 1. The number of rotatable bonds is 5. The second kappa shape index (κ2) is 8.35. The summed E-state index contributed by atoms with van der Waals surface area (Å²) in [5, 5.41) is 3.21. The normalized spacial score (nSPS) is 16.2. The van der Waals surface area contributed by atoms with Crippen LogP contribution in [0.3, 0.4) is 0 Å². The minimum absolute atomic E-state index is 0.0637. The fourth-order valence-corrected chi connectivity index (χ4v) is 4.44. The number of halogens is 2. The Morgan fingerprint density at radius 1 is 1.04 bits per heavy atom. The van der Waals surface area contributed by atoms with Gasteiger partial charge in [0.1, 0.15) is 5.82 Å². The van der Waals surface area contributed by atoms with Crippen LogP contribution < -0.4 is 5.32 Å². The second-order valence-corrected chi connectivity index (χ2v) is 8.51. The van der Waals surface area contributed by atoms with Crippen molar-refractivity contribution < 1.29 is 17.6 Å². The lowest BCUT2D eigenvalue weighted by Gasteiger charge is -2.33. The van der Waals surface area contributed by atoms with Gasteiger partial charge in [0.25, 0.3) is 0 Å². The molecule has 2 aromatic rings. The number of carbonyl (C=O) groups excluding carboxylic acids is 1. The third-order valence-corrected chi connectivity index (χ3v) is 6.54. The lowest BCUT2D eigenvalue weighted by molar-refractivity contribution is -0.117. The van der Waals surface area contributed by atoms with Crippen molar-refractivity contribution in [3.05, 3.63) is 59.4 Å². The molecule has 0 atom stereocenters. The highest BCUT2D eigenvalue weighted by Crippen LogP contribution is 2.21. The molecule has 3 rings (SSSR count). The molecule has 1 N–H and O–H groups in total. The molecule has 1 saturated heterocycles. The summed E-state index contributed by atoms with van der Waals surface area (Å²) < 4.78 is 39.6. The quantitative estimate of drug-likeness (QED) is 0.820. The Bertz CT molecular complexity index is 914. The molecule has 0 radical (unpaired) electrons. The minimum atomic E-state index is -3.66. The molecule has 0 spiro atoms. The van der Waals surface area contributed by atoms with Crippen LogP contribution in [0.15, 0.2) is 53.4 Å². The van der Waals surface area contributed by atoms with Gasteiger partial charge >= 0.3 is 0 Å². The average Bonchev–Trinajstić information content (AvgIpc) is 2.64. The molecule has 144 valence electrons. The lowest BCUT2D eigenvalue weighted by atomic mass is 10.3. The van der Waals surface area contributed by atoms with Crippen molar-refractivity contribution in [1.82, 2.24) is 9.21 Å². The Morgan fingerprint density at radius 3 is 2.30 bits per heavy atom. The van der Waals surface area contributed by atoms with Crippen LogP contribution in [0, 0.1) is 5.82 Å². The molecule has 1 amide bonds. The molecular weight excluding hydrogens is 393 g/mol. The minimum Gasteiger partial charge on any atom is -0.324 e. The number of para-hydroxylation sites is 1. The Kier molecular flexibility index (Phi) is 6.11. The van der Waals surface area contributed by atoms with Gasteiger partial charge in [0.05, 0.1) is 22.2 Å². The van der Waals surface area contributed by atoms with Crippen LogP contribution in [0.5, 0.6) is 0 Å². The maximum Gasteiger partial charge on any atom is 0.243 e. The predicted octanol–water partition coefficient (Wildman–Crippen LogP) is 2.42. The molecule has 0 aliphatic carbocycles. The van der Waals surface area contributed by atoms with E-state index in [4.69, 9.17) is 11.6 Å². The van der Waals surface area contributed by atoms with E-state index in [1.165, 1.54) is 16.4 Å². The molecule has 0 bridgehead atoms. The first kappa shape index (κ1) is 19.8. The first-order valence-electron chi connectivity index (χ1n) is 8.39. The molecule has 0 saturated carbocycles. The van der Waals surface area contributed by atoms with Crippen molar-refractivity contribution in [2.45, 2.75) is 4.90 Å². The van der Waals surface area contributed by atoms with E-state index in [2.05, 4.69) is 5.32 Å². The summed E-state index contributed by atoms with van der Waals surface area (Å²) in [5.41, 5.74) is 0.543. The van der Waals surface area contributed by atoms with E-state index >= 15 is 0 Å². The molecule has 1 aliphatic rings. The summed E-state index contributed by atoms with van der Waals surface area (Å²) >= 11 is 6.02. The topological polar surface area (TPSA) is 69.7 Å². The Balaban J connectivity index is 1.55. The van der Waals surface area contributed by atoms with Gasteiger partial charge in [-0.15, -0.1) is 0 Å². The zero-order valence-corrected chi connectivity index (χ0v) is 16.0. The summed E-state index contributed by atoms with van der Waals surface area (Å²) in [6.07, 6.45) is 0. The zero-order valence-electron chi connectivity index (χ0n) is 14.4. The number of carbonyl (C=O) groups is 1. The van der Waals surface area contributed by atoms with Gasteiger partial charge in [-0.3, -0.25) is 9.69 Å². The number of hydrogen-bond donors (Lipinski definition) is 1. The van der Waals surface area contributed by atoms with E-state index in [1.807, 2.05) is 4.90 Å². The van der Waals surface area contributed by atoms with Gasteiger partial charge in [0, 0.05) is 26.2 Å². The van der Waals surface area contributed by atoms with E-state index in [0.29, 0.717) is 23.8 Å². The number of nitrogens with zero attached hydrogens (tertiary/aromatic N) is 2. The van der Waals surface area contributed by atoms with Crippen LogP contribution in [-0.2, 0) is 14.8 Å². The Labute approximate surface area is 162 Å². The summed E-state index contributed by atoms with van der Waals surface area (Å²) in [5.74, 6) is -0.693. The molecule has 27 heavy (non-hydrogen) atoms. The fraction of sp³-hybridized carbons (Fsp3) is 0.278. The first-order valence-corrected chi connectivity index (χ1v) is 10.2. The number of anilines is 1. The molecule has 9 heteroatoms. The lowest BCUT2D eigenvalue weighted by Crippen LogP contribution is -2.50. The number of amides is 1. The predicted molar refractivity (Wildman–Crippen MR) is 102 cm³/mol. The van der Waals surface area contributed by atoms with Crippen LogP contribution in [0.2, 0.25) is 5.02 Å². The number of benzene rings is 2. The summed E-state index contributed by atoms with van der Waals surface area (Å²) in [7, 11) is -3.66. The highest BCUT2D eigenvalue weighted by Gasteiger charge is 2.29. The maximum atomic E-state index is 13.0. The van der Waals surface area contributed by atoms with Gasteiger partial charge in [0.15, 0.2) is 0 Å². The van der Waals surface area contributed by atoms with Crippen LogP contribution in [0.4, 0.5) is 10.1 Å². The molecule has 1 fully saturated rings. The Hall–Kier alpha value is -2.00. The van der Waals surface area contributed by atoms with Gasteiger partial charge in [-0.25, -0.2) is 12.8 Å². The molecule has 1 aliphatic heterocycles. The van der Waals surface area contributed by atoms with Crippen molar-refractivity contribution in [2.24, 2.45) is 0 Å². The van der Waals surface area contributed by atoms with E-state index in [1.54, 1.807) is 24.3 Å². The number of hydrogen-bond acceptors (Lipinski definition) is 4. The highest BCUT2D eigenvalue weighted by atomic mass is 35.5. The maximum absolute atomic E-state index is 13.0. The smallest absolute Gasteiger partial charge is 0.243 e. The van der Waals surface area contributed by atoms with E-state index in [0.717, 1.165) is 12.1 Å². The zero-order chi connectivity index (χ0) is 19.4. The van der Waals surface area contributed by atoms with Gasteiger partial charge in [-0.2, -0.15) is 4.31 Å². The van der Waals surface area contributed by atoms with Gasteiger partial charge < -0.3 is 5.32 Å². The molecule has 0 unspecified atom stereocenters. The van der Waals surface area contributed by atoms with Crippen molar-refractivity contribution in [2.75, 3.05) is 38.0 Å². The van der Waals surface area contributed by atoms with Crippen molar-refractivity contribution in [1.29, 1.82) is 0 Å². The second-order valence-electron chi connectivity index (χ2n) is 6.16. The standard InChI is InChI=1S/C18H19ClFN3O3S/c19-16-3-1-2-4-17(16)21-18(24)13-22-9-11-23(12-10-22)27(25,26)15-7-5-14(20)6-8-15/h1-8H,9-13H2,(H,21,24). The van der Waals surface area contributed by atoms with E-state index < -0.39 is 15.8 Å². The van der Waals surface area contributed by atoms with Gasteiger partial charge in [0.2, 0.25) is 15.9 Å². The summed E-state index contributed by atoms with van der Waals surface area (Å²) in [4.78, 5) is 14.1. The van der Waals surface area contributed by atoms with Crippen LogP contribution >= 0.6 is 11.6 Å². The monoisotopic (exact) mass is 411 g/mol. The Morgan fingerprint density at radius 2 is 1.67 bits per heavy atom. The third-order valence-electron chi connectivity index (χ3n) is 4.30. The van der Waals surface area contributed by atoms with Crippen LogP contribution in [0.25, 0.3) is 0 Å². The number of piperazine rings is 1. The molecule has 6 nitrogen and oxygen atoms in total. The molecule has 1 heterocycles. The van der Waals surface area contributed by atoms with Crippen molar-refractivity contribution >= 4 is 33.2 Å². The number of sulfonamides is 1.